The number of hydrogen-bond donors (Lipinski definition) is 1. The molecule has 0 aromatic carbocycles. The van der Waals surface area contributed by atoms with Gasteiger partial charge in [0.25, 0.3) is 0 Å². The Balaban J connectivity index is 2.22. The minimum absolute atomic E-state index is 0.0319. The van der Waals surface area contributed by atoms with Crippen LogP contribution in [0, 0.1) is 0 Å². The fourth-order valence-corrected chi connectivity index (χ4v) is 2.48. The molecular weight excluding hydrogens is 232 g/mol. The van der Waals surface area contributed by atoms with Gasteiger partial charge >= 0.3 is 0 Å². The van der Waals surface area contributed by atoms with Crippen LogP contribution >= 0.6 is 11.3 Å². The fourth-order valence-electron chi connectivity index (χ4n) is 1.77. The molecule has 0 unspecified atom stereocenters. The van der Waals surface area contributed by atoms with Crippen molar-refractivity contribution in [1.29, 1.82) is 0 Å². The van der Waals surface area contributed by atoms with Gasteiger partial charge in [0.15, 0.2) is 0 Å². The number of aliphatic hydroxyl groups is 1. The summed E-state index contributed by atoms with van der Waals surface area (Å²) in [6.45, 7) is 3.85. The predicted molar refractivity (Wildman–Crippen MR) is 71.2 cm³/mol. The highest BCUT2D eigenvalue weighted by molar-refractivity contribution is 7.09. The van der Waals surface area contributed by atoms with E-state index in [1.54, 1.807) is 17.5 Å². The number of rotatable bonds is 5. The van der Waals surface area contributed by atoms with Crippen LogP contribution < -0.4 is 4.90 Å². The van der Waals surface area contributed by atoms with Gasteiger partial charge in [-0.15, -0.1) is 11.3 Å². The first kappa shape index (κ1) is 12.1. The van der Waals surface area contributed by atoms with Crippen LogP contribution in [0.3, 0.4) is 0 Å². The van der Waals surface area contributed by atoms with E-state index < -0.39 is 0 Å². The molecule has 0 amide bonds. The zero-order chi connectivity index (χ0) is 12.1. The lowest BCUT2D eigenvalue weighted by atomic mass is 10.2. The molecule has 0 saturated heterocycles. The van der Waals surface area contributed by atoms with E-state index in [0.29, 0.717) is 0 Å². The van der Waals surface area contributed by atoms with E-state index in [-0.39, 0.29) is 6.61 Å². The lowest BCUT2D eigenvalue weighted by molar-refractivity contribution is 0.281. The Labute approximate surface area is 105 Å². The molecule has 90 valence electrons. The third-order valence-electron chi connectivity index (χ3n) is 2.65. The quantitative estimate of drug-likeness (QED) is 0.883. The molecule has 0 aliphatic heterocycles. The summed E-state index contributed by atoms with van der Waals surface area (Å²) in [7, 11) is 0. The molecule has 2 aromatic rings. The lowest BCUT2D eigenvalue weighted by Crippen LogP contribution is -2.23. The second kappa shape index (κ2) is 5.80. The van der Waals surface area contributed by atoms with E-state index in [2.05, 4.69) is 34.3 Å². The smallest absolute Gasteiger partial charge is 0.134 e. The zero-order valence-corrected chi connectivity index (χ0v) is 10.7. The van der Waals surface area contributed by atoms with Gasteiger partial charge in [-0.2, -0.15) is 0 Å². The molecule has 1 N–H and O–H groups in total. The summed E-state index contributed by atoms with van der Waals surface area (Å²) < 4.78 is 0. The molecule has 0 aliphatic carbocycles. The molecule has 2 aromatic heterocycles. The number of thiophene rings is 1. The summed E-state index contributed by atoms with van der Waals surface area (Å²) in [4.78, 5) is 7.86. The Hall–Kier alpha value is -1.39. The van der Waals surface area contributed by atoms with Crippen molar-refractivity contribution in [2.75, 3.05) is 11.4 Å². The SMILES string of the molecule is CCN(Cc1cccs1)c1ncccc1CO. The van der Waals surface area contributed by atoms with Crippen LogP contribution in [0.25, 0.3) is 0 Å². The number of nitrogens with zero attached hydrogens (tertiary/aromatic N) is 2. The largest absolute Gasteiger partial charge is 0.392 e. The van der Waals surface area contributed by atoms with Crippen molar-refractivity contribution in [3.05, 3.63) is 46.3 Å². The summed E-state index contributed by atoms with van der Waals surface area (Å²) in [5.41, 5.74) is 0.880. The maximum Gasteiger partial charge on any atom is 0.134 e. The second-order valence-corrected chi connectivity index (χ2v) is 4.77. The first-order valence-electron chi connectivity index (χ1n) is 5.67. The molecule has 17 heavy (non-hydrogen) atoms. The van der Waals surface area contributed by atoms with Gasteiger partial charge in [-0.3, -0.25) is 0 Å². The molecule has 3 nitrogen and oxygen atoms in total. The summed E-state index contributed by atoms with van der Waals surface area (Å²) in [6.07, 6.45) is 1.77. The van der Waals surface area contributed by atoms with Crippen LogP contribution in [0.1, 0.15) is 17.4 Å². The number of hydrogen-bond acceptors (Lipinski definition) is 4. The minimum atomic E-state index is 0.0319. The number of aliphatic hydroxyl groups excluding tert-OH is 1. The topological polar surface area (TPSA) is 36.4 Å². The van der Waals surface area contributed by atoms with Gasteiger partial charge in [-0.1, -0.05) is 12.1 Å². The van der Waals surface area contributed by atoms with Crippen molar-refractivity contribution in [1.82, 2.24) is 4.98 Å². The maximum absolute atomic E-state index is 9.32. The summed E-state index contributed by atoms with van der Waals surface area (Å²) in [5, 5.41) is 11.4. The van der Waals surface area contributed by atoms with Crippen LogP contribution in [0.15, 0.2) is 35.8 Å². The fraction of sp³-hybridized carbons (Fsp3) is 0.308. The summed E-state index contributed by atoms with van der Waals surface area (Å²) >= 11 is 1.74. The zero-order valence-electron chi connectivity index (χ0n) is 9.84. The highest BCUT2D eigenvalue weighted by Gasteiger charge is 2.11. The van der Waals surface area contributed by atoms with E-state index >= 15 is 0 Å². The summed E-state index contributed by atoms with van der Waals surface area (Å²) in [6, 6.07) is 7.95. The predicted octanol–water partition coefficient (Wildman–Crippen LogP) is 2.66. The normalized spacial score (nSPS) is 10.5. The minimum Gasteiger partial charge on any atom is -0.392 e. The molecule has 2 heterocycles. The molecule has 0 atom stereocenters. The standard InChI is InChI=1S/C13H16N2OS/c1-2-15(9-12-6-4-8-17-12)13-11(10-16)5-3-7-14-13/h3-8,16H,2,9-10H2,1H3. The lowest BCUT2D eigenvalue weighted by Gasteiger charge is -2.23. The Morgan fingerprint density at radius 1 is 1.35 bits per heavy atom. The van der Waals surface area contributed by atoms with Gasteiger partial charge in [0.05, 0.1) is 13.2 Å². The monoisotopic (exact) mass is 248 g/mol. The van der Waals surface area contributed by atoms with Crippen molar-refractivity contribution < 1.29 is 5.11 Å². The average molecular weight is 248 g/mol. The Morgan fingerprint density at radius 2 is 2.24 bits per heavy atom. The Kier molecular flexibility index (Phi) is 4.12. The van der Waals surface area contributed by atoms with Gasteiger partial charge in [0.1, 0.15) is 5.82 Å². The Morgan fingerprint density at radius 3 is 2.88 bits per heavy atom. The average Bonchev–Trinajstić information content (AvgIpc) is 2.89. The van der Waals surface area contributed by atoms with E-state index in [9.17, 15) is 5.11 Å². The number of anilines is 1. The van der Waals surface area contributed by atoms with Crippen LogP contribution in [-0.2, 0) is 13.2 Å². The molecule has 0 saturated carbocycles. The van der Waals surface area contributed by atoms with Gasteiger partial charge in [-0.25, -0.2) is 4.98 Å². The van der Waals surface area contributed by atoms with Gasteiger partial charge in [0, 0.05) is 23.2 Å². The molecule has 0 radical (unpaired) electrons. The second-order valence-electron chi connectivity index (χ2n) is 3.74. The van der Waals surface area contributed by atoms with Crippen molar-refractivity contribution in [2.24, 2.45) is 0 Å². The van der Waals surface area contributed by atoms with Gasteiger partial charge in [0.2, 0.25) is 0 Å². The summed E-state index contributed by atoms with van der Waals surface area (Å²) in [5.74, 6) is 0.880. The third-order valence-corrected chi connectivity index (χ3v) is 3.51. The van der Waals surface area contributed by atoms with Gasteiger partial charge in [-0.05, 0) is 24.4 Å². The molecule has 0 spiro atoms. The first-order chi connectivity index (χ1) is 8.35. The van der Waals surface area contributed by atoms with Crippen LogP contribution in [-0.4, -0.2) is 16.6 Å². The van der Waals surface area contributed by atoms with Crippen molar-refractivity contribution >= 4 is 17.2 Å². The molecule has 0 fully saturated rings. The maximum atomic E-state index is 9.32. The van der Waals surface area contributed by atoms with Crippen LogP contribution in [0.2, 0.25) is 0 Å². The molecule has 0 bridgehead atoms. The molecule has 4 heteroatoms. The van der Waals surface area contributed by atoms with E-state index in [1.165, 1.54) is 4.88 Å². The number of aromatic nitrogens is 1. The highest BCUT2D eigenvalue weighted by Crippen LogP contribution is 2.21. The van der Waals surface area contributed by atoms with Crippen molar-refractivity contribution in [3.8, 4) is 0 Å². The first-order valence-corrected chi connectivity index (χ1v) is 6.55. The van der Waals surface area contributed by atoms with E-state index in [1.807, 2.05) is 12.1 Å². The van der Waals surface area contributed by atoms with E-state index in [4.69, 9.17) is 0 Å². The van der Waals surface area contributed by atoms with Crippen molar-refractivity contribution in [2.45, 2.75) is 20.1 Å². The van der Waals surface area contributed by atoms with Crippen LogP contribution in [0.5, 0.6) is 0 Å². The van der Waals surface area contributed by atoms with Gasteiger partial charge < -0.3 is 10.0 Å². The Bertz CT molecular complexity index is 456. The number of pyridine rings is 1. The highest BCUT2D eigenvalue weighted by atomic mass is 32.1. The van der Waals surface area contributed by atoms with E-state index in [0.717, 1.165) is 24.5 Å². The molecular formula is C13H16N2OS. The molecule has 2 rings (SSSR count). The van der Waals surface area contributed by atoms with Crippen molar-refractivity contribution in [3.63, 3.8) is 0 Å². The molecule has 0 aliphatic rings. The van der Waals surface area contributed by atoms with Crippen LogP contribution in [0.4, 0.5) is 5.82 Å². The third kappa shape index (κ3) is 2.84.